The highest BCUT2D eigenvalue weighted by Crippen LogP contribution is 2.62. The Kier molecular flexibility index (Phi) is 4.52. The fourth-order valence-electron chi connectivity index (χ4n) is 8.66. The molecule has 214 valence electrons. The van der Waals surface area contributed by atoms with E-state index in [1.165, 1.54) is 71.7 Å². The van der Waals surface area contributed by atoms with E-state index in [2.05, 4.69) is 167 Å². The number of rotatable bonds is 1. The fourth-order valence-corrected chi connectivity index (χ4v) is 8.66. The van der Waals surface area contributed by atoms with E-state index in [1.807, 2.05) is 0 Å². The highest BCUT2D eigenvalue weighted by molar-refractivity contribution is 6.23. The molecule has 11 rings (SSSR count). The van der Waals surface area contributed by atoms with Crippen LogP contribution in [0.4, 0.5) is 17.1 Å². The number of hydrogen-bond donors (Lipinski definition) is 0. The zero-order valence-corrected chi connectivity index (χ0v) is 24.8. The van der Waals surface area contributed by atoms with Gasteiger partial charge in [-0.1, -0.05) is 109 Å². The molecule has 0 bridgehead atoms. The molecule has 4 heterocycles. The Morgan fingerprint density at radius 3 is 1.63 bits per heavy atom. The van der Waals surface area contributed by atoms with E-state index in [0.717, 1.165) is 17.2 Å². The minimum atomic E-state index is -0.533. The van der Waals surface area contributed by atoms with E-state index in [-0.39, 0.29) is 0 Å². The second kappa shape index (κ2) is 8.56. The second-order valence-corrected chi connectivity index (χ2v) is 12.5. The van der Waals surface area contributed by atoms with Gasteiger partial charge in [0, 0.05) is 38.4 Å². The molecule has 0 aliphatic carbocycles. The Hall–Kier alpha value is -6.06. The summed E-state index contributed by atoms with van der Waals surface area (Å²) < 4.78 is 9.01. The predicted molar refractivity (Wildman–Crippen MR) is 188 cm³/mol. The normalized spacial score (nSPS) is 14.4. The molecule has 0 radical (unpaired) electrons. The average molecular weight is 587 g/mol. The van der Waals surface area contributed by atoms with Crippen LogP contribution in [0.1, 0.15) is 22.3 Å². The molecule has 0 fully saturated rings. The van der Waals surface area contributed by atoms with Crippen LogP contribution in [-0.2, 0) is 5.41 Å². The molecule has 3 nitrogen and oxygen atoms in total. The zero-order valence-electron chi connectivity index (χ0n) is 24.8. The zero-order chi connectivity index (χ0) is 30.0. The largest absolute Gasteiger partial charge is 0.457 e. The minimum absolute atomic E-state index is 0.533. The van der Waals surface area contributed by atoms with E-state index in [1.54, 1.807) is 0 Å². The summed E-state index contributed by atoms with van der Waals surface area (Å²) in [4.78, 5) is 2.46. The number of anilines is 3. The average Bonchev–Trinajstić information content (AvgIpc) is 3.64. The lowest BCUT2D eigenvalue weighted by atomic mass is 9.61. The van der Waals surface area contributed by atoms with Crippen LogP contribution in [0, 0.1) is 0 Å². The Labute approximate surface area is 265 Å². The third kappa shape index (κ3) is 2.80. The molecule has 2 aliphatic rings. The molecule has 3 heteroatoms. The number of para-hydroxylation sites is 6. The smallest absolute Gasteiger partial charge is 0.132 e. The molecule has 9 aromatic rings. The van der Waals surface area contributed by atoms with Crippen molar-refractivity contribution in [1.29, 1.82) is 0 Å². The fraction of sp³-hybridized carbons (Fsp3) is 0.0233. The van der Waals surface area contributed by atoms with Crippen molar-refractivity contribution in [3.8, 4) is 11.5 Å². The van der Waals surface area contributed by atoms with Gasteiger partial charge < -0.3 is 14.0 Å². The molecule has 1 spiro atoms. The van der Waals surface area contributed by atoms with Crippen molar-refractivity contribution < 1.29 is 4.74 Å². The first-order chi connectivity index (χ1) is 22.8. The van der Waals surface area contributed by atoms with Crippen LogP contribution in [0.25, 0.3) is 38.1 Å². The Bertz CT molecular complexity index is 2600. The third-order valence-electron chi connectivity index (χ3n) is 10.4. The van der Waals surface area contributed by atoms with Crippen LogP contribution in [0.5, 0.6) is 11.5 Å². The Balaban J connectivity index is 1.23. The van der Waals surface area contributed by atoms with Crippen molar-refractivity contribution >= 4 is 55.2 Å². The van der Waals surface area contributed by atoms with E-state index in [4.69, 9.17) is 4.74 Å². The van der Waals surface area contributed by atoms with Gasteiger partial charge in [0.1, 0.15) is 11.5 Å². The van der Waals surface area contributed by atoms with Gasteiger partial charge >= 0.3 is 0 Å². The van der Waals surface area contributed by atoms with Crippen molar-refractivity contribution in [2.45, 2.75) is 5.41 Å². The minimum Gasteiger partial charge on any atom is -0.457 e. The monoisotopic (exact) mass is 586 g/mol. The molecule has 0 N–H and O–H groups in total. The van der Waals surface area contributed by atoms with Gasteiger partial charge in [0.2, 0.25) is 0 Å². The predicted octanol–water partition coefficient (Wildman–Crippen LogP) is 11.1. The van der Waals surface area contributed by atoms with Crippen LogP contribution >= 0.6 is 0 Å². The van der Waals surface area contributed by atoms with Crippen molar-refractivity contribution in [1.82, 2.24) is 4.40 Å². The van der Waals surface area contributed by atoms with Crippen molar-refractivity contribution in [2.75, 3.05) is 4.90 Å². The first kappa shape index (κ1) is 24.3. The van der Waals surface area contributed by atoms with Crippen LogP contribution in [0.15, 0.2) is 158 Å². The van der Waals surface area contributed by atoms with E-state index in [0.29, 0.717) is 0 Å². The number of benzene rings is 7. The topological polar surface area (TPSA) is 16.9 Å². The maximum absolute atomic E-state index is 6.56. The molecule has 46 heavy (non-hydrogen) atoms. The Morgan fingerprint density at radius 1 is 0.413 bits per heavy atom. The molecule has 2 aliphatic heterocycles. The van der Waals surface area contributed by atoms with Crippen molar-refractivity contribution in [3.63, 3.8) is 0 Å². The molecule has 0 saturated heterocycles. The molecule has 0 unspecified atom stereocenters. The molecule has 0 amide bonds. The molecule has 2 aromatic heterocycles. The van der Waals surface area contributed by atoms with Crippen LogP contribution in [0.2, 0.25) is 0 Å². The number of aromatic nitrogens is 1. The first-order valence-corrected chi connectivity index (χ1v) is 15.9. The van der Waals surface area contributed by atoms with Crippen LogP contribution < -0.4 is 9.64 Å². The summed E-state index contributed by atoms with van der Waals surface area (Å²) in [7, 11) is 0. The van der Waals surface area contributed by atoms with Crippen molar-refractivity contribution in [2.24, 2.45) is 0 Å². The van der Waals surface area contributed by atoms with Gasteiger partial charge in [-0.2, -0.15) is 0 Å². The summed E-state index contributed by atoms with van der Waals surface area (Å²) in [6, 6.07) is 57.4. The van der Waals surface area contributed by atoms with E-state index < -0.39 is 5.41 Å². The molecular weight excluding hydrogens is 560 g/mol. The molecular formula is C43H26N2O. The summed E-state index contributed by atoms with van der Waals surface area (Å²) in [5.74, 6) is 1.80. The lowest BCUT2D eigenvalue weighted by molar-refractivity contribution is 0.434. The number of hydrogen-bond acceptors (Lipinski definition) is 2. The van der Waals surface area contributed by atoms with Gasteiger partial charge in [-0.3, -0.25) is 0 Å². The molecule has 0 saturated carbocycles. The summed E-state index contributed by atoms with van der Waals surface area (Å²) in [5.41, 5.74) is 11.6. The summed E-state index contributed by atoms with van der Waals surface area (Å²) in [5, 5.41) is 5.15. The first-order valence-electron chi connectivity index (χ1n) is 15.9. The number of fused-ring (bicyclic) bond motifs is 14. The van der Waals surface area contributed by atoms with Gasteiger partial charge in [-0.05, 0) is 59.7 Å². The highest BCUT2D eigenvalue weighted by atomic mass is 16.5. The van der Waals surface area contributed by atoms with E-state index in [9.17, 15) is 0 Å². The quantitative estimate of drug-likeness (QED) is 0.190. The standard InChI is InChI=1S/C43H26N2O/c1-6-19-36-28(12-1)29-13-11-14-30-31-26-27(24-25-37(31)45(36)42(29)30)44-38-20-7-2-15-32(38)43(33-16-3-8-21-39(33)44)34-17-4-9-22-40(34)46-41-23-10-5-18-35(41)43/h1-26H. The molecule has 7 aromatic carbocycles. The lowest BCUT2D eigenvalue weighted by Gasteiger charge is -2.48. The third-order valence-corrected chi connectivity index (χ3v) is 10.4. The van der Waals surface area contributed by atoms with Gasteiger partial charge in [-0.15, -0.1) is 0 Å². The number of ether oxygens (including phenoxy) is 1. The summed E-state index contributed by atoms with van der Waals surface area (Å²) >= 11 is 0. The SMILES string of the molecule is c1ccc2c(c1)Oc1ccccc1C21c2ccccc2N(c2ccc3c(c2)c2cccc4c5ccccc5n3c42)c2ccccc21. The van der Waals surface area contributed by atoms with Gasteiger partial charge in [0.05, 0.1) is 33.3 Å². The summed E-state index contributed by atoms with van der Waals surface area (Å²) in [6.07, 6.45) is 0. The van der Waals surface area contributed by atoms with Gasteiger partial charge in [0.25, 0.3) is 0 Å². The Morgan fingerprint density at radius 2 is 0.935 bits per heavy atom. The van der Waals surface area contributed by atoms with E-state index >= 15 is 0 Å². The lowest BCUT2D eigenvalue weighted by Crippen LogP contribution is -2.39. The highest BCUT2D eigenvalue weighted by Gasteiger charge is 2.50. The second-order valence-electron chi connectivity index (χ2n) is 12.5. The van der Waals surface area contributed by atoms with Crippen molar-refractivity contribution in [3.05, 3.63) is 180 Å². The number of nitrogens with zero attached hydrogens (tertiary/aromatic N) is 2. The van der Waals surface area contributed by atoms with Gasteiger partial charge in [-0.25, -0.2) is 0 Å². The summed E-state index contributed by atoms with van der Waals surface area (Å²) in [6.45, 7) is 0. The van der Waals surface area contributed by atoms with Crippen LogP contribution in [-0.4, -0.2) is 4.40 Å². The van der Waals surface area contributed by atoms with Gasteiger partial charge in [0.15, 0.2) is 0 Å². The maximum Gasteiger partial charge on any atom is 0.132 e. The molecule has 0 atom stereocenters. The van der Waals surface area contributed by atoms with Crippen LogP contribution in [0.3, 0.4) is 0 Å². The maximum atomic E-state index is 6.56.